The molecule has 1 N–H and O–H groups in total. The smallest absolute Gasteiger partial charge is 0.327 e. The van der Waals surface area contributed by atoms with E-state index < -0.39 is 6.04 Å². The van der Waals surface area contributed by atoms with Crippen LogP contribution in [0.1, 0.15) is 31.4 Å². The van der Waals surface area contributed by atoms with Gasteiger partial charge in [0, 0.05) is 17.6 Å². The van der Waals surface area contributed by atoms with Crippen LogP contribution in [0, 0.1) is 0 Å². The van der Waals surface area contributed by atoms with Crippen LogP contribution in [-0.4, -0.2) is 31.8 Å². The number of hydrogen-bond donors (Lipinski definition) is 1. The van der Waals surface area contributed by atoms with E-state index in [1.54, 1.807) is 0 Å². The topological polar surface area (TPSA) is 47.6 Å². The van der Waals surface area contributed by atoms with Gasteiger partial charge in [-0.25, -0.2) is 4.79 Å². The summed E-state index contributed by atoms with van der Waals surface area (Å²) < 4.78 is 11.7. The van der Waals surface area contributed by atoms with Gasteiger partial charge >= 0.3 is 5.97 Å². The van der Waals surface area contributed by atoms with E-state index >= 15 is 0 Å². The summed E-state index contributed by atoms with van der Waals surface area (Å²) in [7, 11) is 0. The van der Waals surface area contributed by atoms with Crippen molar-refractivity contribution < 1.29 is 14.3 Å². The molecule has 1 heterocycles. The van der Waals surface area contributed by atoms with E-state index in [9.17, 15) is 4.79 Å². The van der Waals surface area contributed by atoms with Gasteiger partial charge in [-0.1, -0.05) is 28.1 Å². The Morgan fingerprint density at radius 1 is 1.50 bits per heavy atom. The van der Waals surface area contributed by atoms with Gasteiger partial charge in [-0.3, -0.25) is 5.32 Å². The summed E-state index contributed by atoms with van der Waals surface area (Å²) in [5.74, 6) is -0.243. The van der Waals surface area contributed by atoms with Crippen molar-refractivity contribution in [2.75, 3.05) is 19.8 Å². The minimum atomic E-state index is -0.438. The van der Waals surface area contributed by atoms with Gasteiger partial charge in [-0.15, -0.1) is 0 Å². The molecule has 2 rings (SSSR count). The second-order valence-corrected chi connectivity index (χ2v) is 5.70. The molecule has 1 aromatic rings. The van der Waals surface area contributed by atoms with Crippen LogP contribution < -0.4 is 5.32 Å². The van der Waals surface area contributed by atoms with Gasteiger partial charge in [-0.2, -0.15) is 0 Å². The standard InChI is InChI=1S/C15H20BrNO3/c1-2-19-15(18)14(11-5-7-12(16)8-6-11)17-10-13-4-3-9-20-13/h5-8,13-14,17H,2-4,9-10H2,1H3. The van der Waals surface area contributed by atoms with Crippen molar-refractivity contribution in [2.45, 2.75) is 31.9 Å². The Kier molecular flexibility index (Phi) is 6.01. The molecule has 1 aliphatic heterocycles. The number of ether oxygens (including phenoxy) is 2. The van der Waals surface area contributed by atoms with Crippen LogP contribution in [0.15, 0.2) is 28.7 Å². The van der Waals surface area contributed by atoms with E-state index in [-0.39, 0.29) is 12.1 Å². The first kappa shape index (κ1) is 15.5. The maximum atomic E-state index is 12.1. The van der Waals surface area contributed by atoms with Gasteiger partial charge < -0.3 is 9.47 Å². The zero-order chi connectivity index (χ0) is 14.4. The predicted molar refractivity (Wildman–Crippen MR) is 80.5 cm³/mol. The molecule has 0 bridgehead atoms. The first-order chi connectivity index (χ1) is 9.70. The van der Waals surface area contributed by atoms with E-state index in [2.05, 4.69) is 21.2 Å². The largest absolute Gasteiger partial charge is 0.465 e. The Bertz CT molecular complexity index is 429. The monoisotopic (exact) mass is 341 g/mol. The lowest BCUT2D eigenvalue weighted by atomic mass is 10.1. The third-order valence-corrected chi connectivity index (χ3v) is 3.83. The average molecular weight is 342 g/mol. The van der Waals surface area contributed by atoms with Crippen molar-refractivity contribution in [3.63, 3.8) is 0 Å². The van der Waals surface area contributed by atoms with Crippen LogP contribution >= 0.6 is 15.9 Å². The first-order valence-electron chi connectivity index (χ1n) is 6.97. The fourth-order valence-corrected chi connectivity index (χ4v) is 2.54. The van der Waals surface area contributed by atoms with Crippen LogP contribution in [0.2, 0.25) is 0 Å². The Balaban J connectivity index is 2.03. The number of carbonyl (C=O) groups excluding carboxylic acids is 1. The zero-order valence-electron chi connectivity index (χ0n) is 11.6. The SMILES string of the molecule is CCOC(=O)C(NCC1CCCO1)c1ccc(Br)cc1. The van der Waals surface area contributed by atoms with Gasteiger partial charge in [0.2, 0.25) is 0 Å². The van der Waals surface area contributed by atoms with E-state index in [1.165, 1.54) is 0 Å². The maximum absolute atomic E-state index is 12.1. The van der Waals surface area contributed by atoms with Gasteiger partial charge in [0.05, 0.1) is 12.7 Å². The van der Waals surface area contributed by atoms with Crippen molar-refractivity contribution in [1.29, 1.82) is 0 Å². The van der Waals surface area contributed by atoms with Gasteiger partial charge in [0.25, 0.3) is 0 Å². The molecule has 20 heavy (non-hydrogen) atoms. The van der Waals surface area contributed by atoms with E-state index in [0.717, 1.165) is 29.5 Å². The average Bonchev–Trinajstić information content (AvgIpc) is 2.94. The summed E-state index contributed by atoms with van der Waals surface area (Å²) in [6, 6.07) is 7.26. The minimum absolute atomic E-state index is 0.197. The highest BCUT2D eigenvalue weighted by Gasteiger charge is 2.24. The Labute approximate surface area is 128 Å². The molecule has 1 aromatic carbocycles. The molecule has 2 atom stereocenters. The summed E-state index contributed by atoms with van der Waals surface area (Å²) in [6.07, 6.45) is 2.33. The lowest BCUT2D eigenvalue weighted by Crippen LogP contribution is -2.35. The fourth-order valence-electron chi connectivity index (χ4n) is 2.27. The first-order valence-corrected chi connectivity index (χ1v) is 7.77. The third-order valence-electron chi connectivity index (χ3n) is 3.30. The molecular weight excluding hydrogens is 322 g/mol. The van der Waals surface area contributed by atoms with Crippen molar-refractivity contribution in [3.8, 4) is 0 Å². The maximum Gasteiger partial charge on any atom is 0.327 e. The molecule has 0 radical (unpaired) electrons. The van der Waals surface area contributed by atoms with Gasteiger partial charge in [0.1, 0.15) is 6.04 Å². The normalized spacial score (nSPS) is 19.8. The number of carbonyl (C=O) groups is 1. The van der Waals surface area contributed by atoms with Crippen molar-refractivity contribution in [1.82, 2.24) is 5.32 Å². The summed E-state index contributed by atoms with van der Waals surface area (Å²) in [5.41, 5.74) is 0.907. The highest BCUT2D eigenvalue weighted by molar-refractivity contribution is 9.10. The van der Waals surface area contributed by atoms with Crippen molar-refractivity contribution in [2.24, 2.45) is 0 Å². The molecule has 1 saturated heterocycles. The molecule has 4 nitrogen and oxygen atoms in total. The predicted octanol–water partition coefficient (Wildman–Crippen LogP) is 2.82. The number of rotatable bonds is 6. The highest BCUT2D eigenvalue weighted by Crippen LogP contribution is 2.19. The second-order valence-electron chi connectivity index (χ2n) is 4.78. The molecule has 110 valence electrons. The van der Waals surface area contributed by atoms with E-state index in [1.807, 2.05) is 31.2 Å². The zero-order valence-corrected chi connectivity index (χ0v) is 13.2. The van der Waals surface area contributed by atoms with E-state index in [0.29, 0.717) is 13.2 Å². The molecule has 0 aliphatic carbocycles. The van der Waals surface area contributed by atoms with E-state index in [4.69, 9.17) is 9.47 Å². The molecule has 1 fully saturated rings. The number of hydrogen-bond acceptors (Lipinski definition) is 4. The summed E-state index contributed by atoms with van der Waals surface area (Å²) in [5, 5.41) is 3.27. The quantitative estimate of drug-likeness (QED) is 0.808. The Morgan fingerprint density at radius 2 is 2.25 bits per heavy atom. The number of nitrogens with one attached hydrogen (secondary N) is 1. The van der Waals surface area contributed by atoms with Crippen LogP contribution in [0.3, 0.4) is 0 Å². The molecule has 1 aliphatic rings. The second kappa shape index (κ2) is 7.76. The van der Waals surface area contributed by atoms with Crippen LogP contribution in [0.4, 0.5) is 0 Å². The number of esters is 1. The highest BCUT2D eigenvalue weighted by atomic mass is 79.9. The molecule has 5 heteroatoms. The molecule has 0 amide bonds. The lowest BCUT2D eigenvalue weighted by Gasteiger charge is -2.20. The van der Waals surface area contributed by atoms with Gasteiger partial charge in [0.15, 0.2) is 0 Å². The van der Waals surface area contributed by atoms with Gasteiger partial charge in [-0.05, 0) is 37.5 Å². The molecule has 0 saturated carbocycles. The van der Waals surface area contributed by atoms with Crippen molar-refractivity contribution >= 4 is 21.9 Å². The Hall–Kier alpha value is -0.910. The summed E-state index contributed by atoms with van der Waals surface area (Å²) >= 11 is 3.40. The fraction of sp³-hybridized carbons (Fsp3) is 0.533. The third kappa shape index (κ3) is 4.30. The number of benzene rings is 1. The van der Waals surface area contributed by atoms with Crippen LogP contribution in [-0.2, 0) is 14.3 Å². The number of halogens is 1. The Morgan fingerprint density at radius 3 is 2.85 bits per heavy atom. The summed E-state index contributed by atoms with van der Waals surface area (Å²) in [4.78, 5) is 12.1. The molecule has 2 unspecified atom stereocenters. The minimum Gasteiger partial charge on any atom is -0.465 e. The van der Waals surface area contributed by atoms with Crippen LogP contribution in [0.5, 0.6) is 0 Å². The molecule has 0 aromatic heterocycles. The molecular formula is C15H20BrNO3. The van der Waals surface area contributed by atoms with Crippen molar-refractivity contribution in [3.05, 3.63) is 34.3 Å². The van der Waals surface area contributed by atoms with Crippen LogP contribution in [0.25, 0.3) is 0 Å². The lowest BCUT2D eigenvalue weighted by molar-refractivity contribution is -0.146. The summed E-state index contributed by atoms with van der Waals surface area (Å²) in [6.45, 7) is 3.68. The molecule has 0 spiro atoms.